The molecule has 0 saturated heterocycles. The Morgan fingerprint density at radius 1 is 1.00 bits per heavy atom. The van der Waals surface area contributed by atoms with E-state index in [1.165, 1.54) is 12.1 Å². The highest BCUT2D eigenvalue weighted by molar-refractivity contribution is 5.95. The lowest BCUT2D eigenvalue weighted by atomic mass is 10.1. The topological polar surface area (TPSA) is 52.5 Å². The quantitative estimate of drug-likeness (QED) is 0.704. The number of nitrogens with one attached hydrogen (secondary N) is 1. The van der Waals surface area contributed by atoms with Gasteiger partial charge in [-0.3, -0.25) is 4.79 Å². The number of benzene rings is 2. The van der Waals surface area contributed by atoms with Crippen molar-refractivity contribution >= 4 is 5.91 Å². The molecular formula is C23H23FN2O3. The average Bonchev–Trinajstić information content (AvgIpc) is 3.26. The zero-order valence-electron chi connectivity index (χ0n) is 16.7. The smallest absolute Gasteiger partial charge is 0.268 e. The second-order valence-electron chi connectivity index (χ2n) is 7.27. The molecule has 1 aliphatic rings. The summed E-state index contributed by atoms with van der Waals surface area (Å²) in [5.74, 6) is 1.00. The van der Waals surface area contributed by atoms with Crippen LogP contribution >= 0.6 is 0 Å². The van der Waals surface area contributed by atoms with Gasteiger partial charge >= 0.3 is 0 Å². The second-order valence-corrected chi connectivity index (χ2v) is 7.27. The molecule has 1 N–H and O–H groups in total. The Bertz CT molecular complexity index is 1070. The van der Waals surface area contributed by atoms with E-state index in [-0.39, 0.29) is 18.5 Å². The molecule has 1 amide bonds. The molecule has 0 unspecified atom stereocenters. The predicted octanol–water partition coefficient (Wildman–Crippen LogP) is 4.26. The molecule has 2 aromatic carbocycles. The molecule has 1 aliphatic heterocycles. The predicted molar refractivity (Wildman–Crippen MR) is 108 cm³/mol. The highest BCUT2D eigenvalue weighted by atomic mass is 19.1. The fourth-order valence-corrected chi connectivity index (χ4v) is 3.60. The van der Waals surface area contributed by atoms with E-state index >= 15 is 0 Å². The van der Waals surface area contributed by atoms with Gasteiger partial charge < -0.3 is 19.4 Å². The van der Waals surface area contributed by atoms with Gasteiger partial charge in [0.05, 0.1) is 0 Å². The lowest BCUT2D eigenvalue weighted by molar-refractivity contribution is 0.0941. The van der Waals surface area contributed by atoms with Crippen molar-refractivity contribution < 1.29 is 18.7 Å². The van der Waals surface area contributed by atoms with Crippen LogP contribution in [0.25, 0.3) is 0 Å². The molecule has 0 saturated carbocycles. The SMILES string of the molecule is Cc1c(C)c(C(=O)NCc2ccc3c(c2)OCO3)n(Cc2ccc(F)cc2)c1C. The number of carbonyl (C=O) groups is 1. The maximum Gasteiger partial charge on any atom is 0.268 e. The first kappa shape index (κ1) is 19.1. The van der Waals surface area contributed by atoms with Crippen LogP contribution in [-0.4, -0.2) is 17.3 Å². The molecule has 0 spiro atoms. The van der Waals surface area contributed by atoms with E-state index < -0.39 is 0 Å². The van der Waals surface area contributed by atoms with Crippen LogP contribution in [0.15, 0.2) is 42.5 Å². The summed E-state index contributed by atoms with van der Waals surface area (Å²) in [6, 6.07) is 12.0. The van der Waals surface area contributed by atoms with Crippen LogP contribution in [0, 0.1) is 26.6 Å². The monoisotopic (exact) mass is 394 g/mol. The molecule has 0 radical (unpaired) electrons. The lowest BCUT2D eigenvalue weighted by Gasteiger charge is -2.13. The number of nitrogens with zero attached hydrogens (tertiary/aromatic N) is 1. The van der Waals surface area contributed by atoms with Crippen LogP contribution in [0.4, 0.5) is 4.39 Å². The summed E-state index contributed by atoms with van der Waals surface area (Å²) in [5, 5.41) is 3.01. The van der Waals surface area contributed by atoms with Crippen LogP contribution < -0.4 is 14.8 Å². The van der Waals surface area contributed by atoms with Crippen molar-refractivity contribution in [3.63, 3.8) is 0 Å². The van der Waals surface area contributed by atoms with E-state index in [0.29, 0.717) is 24.5 Å². The van der Waals surface area contributed by atoms with Gasteiger partial charge in [-0.15, -0.1) is 0 Å². The van der Waals surface area contributed by atoms with Gasteiger partial charge in [-0.1, -0.05) is 18.2 Å². The number of aromatic nitrogens is 1. The third-order valence-electron chi connectivity index (χ3n) is 5.49. The number of hydrogen-bond acceptors (Lipinski definition) is 3. The third-order valence-corrected chi connectivity index (χ3v) is 5.49. The molecule has 5 nitrogen and oxygen atoms in total. The van der Waals surface area contributed by atoms with Crippen molar-refractivity contribution in [1.82, 2.24) is 9.88 Å². The minimum atomic E-state index is -0.271. The van der Waals surface area contributed by atoms with Gasteiger partial charge in [0.25, 0.3) is 5.91 Å². The van der Waals surface area contributed by atoms with Crippen molar-refractivity contribution in [1.29, 1.82) is 0 Å². The molecule has 29 heavy (non-hydrogen) atoms. The number of amides is 1. The first-order chi connectivity index (χ1) is 13.9. The Hall–Kier alpha value is -3.28. The van der Waals surface area contributed by atoms with Crippen LogP contribution in [0.1, 0.15) is 38.4 Å². The van der Waals surface area contributed by atoms with Gasteiger partial charge in [0, 0.05) is 18.8 Å². The Labute approximate surface area is 169 Å². The Balaban J connectivity index is 1.56. The molecule has 0 aliphatic carbocycles. The average molecular weight is 394 g/mol. The highest BCUT2D eigenvalue weighted by Crippen LogP contribution is 2.32. The van der Waals surface area contributed by atoms with E-state index in [4.69, 9.17) is 9.47 Å². The summed E-state index contributed by atoms with van der Waals surface area (Å²) in [7, 11) is 0. The minimum Gasteiger partial charge on any atom is -0.454 e. The van der Waals surface area contributed by atoms with Gasteiger partial charge in [0.2, 0.25) is 6.79 Å². The number of fused-ring (bicyclic) bond motifs is 1. The number of hydrogen-bond donors (Lipinski definition) is 1. The fraction of sp³-hybridized carbons (Fsp3) is 0.261. The molecule has 0 fully saturated rings. The van der Waals surface area contributed by atoms with Crippen molar-refractivity contribution in [3.05, 3.63) is 81.9 Å². The van der Waals surface area contributed by atoms with Crippen LogP contribution in [0.2, 0.25) is 0 Å². The van der Waals surface area contributed by atoms with E-state index in [1.807, 2.05) is 43.5 Å². The summed E-state index contributed by atoms with van der Waals surface area (Å²) >= 11 is 0. The van der Waals surface area contributed by atoms with Gasteiger partial charge in [0.1, 0.15) is 11.5 Å². The normalized spacial score (nSPS) is 12.3. The molecule has 0 atom stereocenters. The molecule has 3 aromatic rings. The summed E-state index contributed by atoms with van der Waals surface area (Å²) in [6.45, 7) is 7.09. The van der Waals surface area contributed by atoms with Crippen LogP contribution in [0.3, 0.4) is 0 Å². The zero-order valence-corrected chi connectivity index (χ0v) is 16.7. The summed E-state index contributed by atoms with van der Waals surface area (Å²) in [4.78, 5) is 13.1. The number of halogens is 1. The summed E-state index contributed by atoms with van der Waals surface area (Å²) in [5.41, 5.74) is 5.57. The summed E-state index contributed by atoms with van der Waals surface area (Å²) in [6.07, 6.45) is 0. The van der Waals surface area contributed by atoms with E-state index in [0.717, 1.165) is 33.7 Å². The van der Waals surface area contributed by atoms with Gasteiger partial charge in [-0.2, -0.15) is 0 Å². The molecule has 0 bridgehead atoms. The summed E-state index contributed by atoms with van der Waals surface area (Å²) < 4.78 is 26.0. The fourth-order valence-electron chi connectivity index (χ4n) is 3.60. The van der Waals surface area contributed by atoms with Gasteiger partial charge in [-0.05, 0) is 67.3 Å². The number of ether oxygens (including phenoxy) is 2. The van der Waals surface area contributed by atoms with Gasteiger partial charge in [0.15, 0.2) is 11.5 Å². The molecule has 6 heteroatoms. The van der Waals surface area contributed by atoms with Crippen molar-refractivity contribution in [3.8, 4) is 11.5 Å². The maximum atomic E-state index is 13.2. The maximum absolute atomic E-state index is 13.2. The lowest BCUT2D eigenvalue weighted by Crippen LogP contribution is -2.26. The number of rotatable bonds is 5. The third kappa shape index (κ3) is 3.70. The van der Waals surface area contributed by atoms with E-state index in [2.05, 4.69) is 5.32 Å². The van der Waals surface area contributed by atoms with E-state index in [1.54, 1.807) is 12.1 Å². The Kier molecular flexibility index (Phi) is 5.01. The first-order valence-electron chi connectivity index (χ1n) is 9.51. The van der Waals surface area contributed by atoms with Crippen molar-refractivity contribution in [2.75, 3.05) is 6.79 Å². The van der Waals surface area contributed by atoms with Crippen LogP contribution in [0.5, 0.6) is 11.5 Å². The molecular weight excluding hydrogens is 371 g/mol. The minimum absolute atomic E-state index is 0.140. The van der Waals surface area contributed by atoms with Crippen molar-refractivity contribution in [2.24, 2.45) is 0 Å². The van der Waals surface area contributed by atoms with E-state index in [9.17, 15) is 9.18 Å². The largest absolute Gasteiger partial charge is 0.454 e. The molecule has 4 rings (SSSR count). The first-order valence-corrected chi connectivity index (χ1v) is 9.51. The molecule has 1 aromatic heterocycles. The zero-order chi connectivity index (χ0) is 20.5. The second kappa shape index (κ2) is 7.62. The standard InChI is InChI=1S/C23H23FN2O3/c1-14-15(2)22(26(16(14)3)12-17-4-7-19(24)8-5-17)23(27)25-11-18-6-9-20-21(10-18)29-13-28-20/h4-10H,11-13H2,1-3H3,(H,25,27). The van der Waals surface area contributed by atoms with Gasteiger partial charge in [-0.25, -0.2) is 4.39 Å². The molecule has 2 heterocycles. The van der Waals surface area contributed by atoms with Crippen LogP contribution in [-0.2, 0) is 13.1 Å². The van der Waals surface area contributed by atoms with Crippen molar-refractivity contribution in [2.45, 2.75) is 33.9 Å². The molecule has 150 valence electrons. The highest BCUT2D eigenvalue weighted by Gasteiger charge is 2.21. The Morgan fingerprint density at radius 3 is 2.45 bits per heavy atom. The Morgan fingerprint density at radius 2 is 1.69 bits per heavy atom. The number of carbonyl (C=O) groups excluding carboxylic acids is 1.